The molecule has 0 bridgehead atoms. The van der Waals surface area contributed by atoms with Gasteiger partial charge in [-0.1, -0.05) is 42.5 Å². The van der Waals surface area contributed by atoms with Gasteiger partial charge in [0.1, 0.15) is 5.75 Å². The molecule has 0 unspecified atom stereocenters. The number of phenolic OH excluding ortho intramolecular Hbond substituents is 1. The van der Waals surface area contributed by atoms with Crippen molar-refractivity contribution in [3.05, 3.63) is 65.7 Å². The average molecular weight is 299 g/mol. The van der Waals surface area contributed by atoms with Crippen LogP contribution in [0.3, 0.4) is 0 Å². The minimum atomic E-state index is -0.584. The van der Waals surface area contributed by atoms with Gasteiger partial charge in [-0.2, -0.15) is 0 Å². The predicted molar refractivity (Wildman–Crippen MR) is 89.9 cm³/mol. The van der Waals surface area contributed by atoms with Crippen LogP contribution in [0.2, 0.25) is 0 Å². The second-order valence-corrected chi connectivity index (χ2v) is 5.92. The van der Waals surface area contributed by atoms with Gasteiger partial charge in [0, 0.05) is 12.1 Å². The zero-order chi connectivity index (χ0) is 15.9. The van der Waals surface area contributed by atoms with Crippen LogP contribution in [-0.2, 0) is 6.42 Å². The van der Waals surface area contributed by atoms with E-state index < -0.39 is 6.10 Å². The number of phenols is 1. The normalized spacial score (nSPS) is 15.2. The standard InChI is InChI=1S/C19H25NO2/c1-14(8-9-16-6-4-3-5-7-16)20-15(2)19(22)17-10-12-18(21)13-11-17/h3-7,10-15,19-22H,8-9H2,1-2H3/t14-,15-,19+/m1/s1. The summed E-state index contributed by atoms with van der Waals surface area (Å²) in [6, 6.07) is 17.4. The first-order valence-corrected chi connectivity index (χ1v) is 7.83. The summed E-state index contributed by atoms with van der Waals surface area (Å²) in [5.41, 5.74) is 2.15. The molecule has 0 aromatic heterocycles. The van der Waals surface area contributed by atoms with Gasteiger partial charge in [0.2, 0.25) is 0 Å². The van der Waals surface area contributed by atoms with Gasteiger partial charge in [-0.25, -0.2) is 0 Å². The molecule has 0 saturated carbocycles. The quantitative estimate of drug-likeness (QED) is 0.734. The lowest BCUT2D eigenvalue weighted by Crippen LogP contribution is -2.38. The lowest BCUT2D eigenvalue weighted by molar-refractivity contribution is 0.129. The van der Waals surface area contributed by atoms with E-state index >= 15 is 0 Å². The summed E-state index contributed by atoms with van der Waals surface area (Å²) in [4.78, 5) is 0. The number of aryl methyl sites for hydroxylation is 1. The molecule has 2 aromatic rings. The van der Waals surface area contributed by atoms with Crippen molar-refractivity contribution in [2.75, 3.05) is 0 Å². The number of nitrogens with one attached hydrogen (secondary N) is 1. The van der Waals surface area contributed by atoms with E-state index in [0.717, 1.165) is 18.4 Å². The van der Waals surface area contributed by atoms with Gasteiger partial charge < -0.3 is 15.5 Å². The zero-order valence-corrected chi connectivity index (χ0v) is 13.2. The van der Waals surface area contributed by atoms with Crippen LogP contribution < -0.4 is 5.32 Å². The summed E-state index contributed by atoms with van der Waals surface area (Å²) in [5, 5.41) is 23.1. The molecule has 0 aliphatic rings. The topological polar surface area (TPSA) is 52.5 Å². The molecule has 3 heteroatoms. The van der Waals surface area contributed by atoms with Crippen molar-refractivity contribution in [1.29, 1.82) is 0 Å². The number of hydrogen-bond donors (Lipinski definition) is 3. The van der Waals surface area contributed by atoms with Crippen LogP contribution in [0.15, 0.2) is 54.6 Å². The molecule has 0 radical (unpaired) electrons. The summed E-state index contributed by atoms with van der Waals surface area (Å²) in [6.45, 7) is 4.12. The first-order chi connectivity index (χ1) is 10.6. The Bertz CT molecular complexity index is 553. The van der Waals surface area contributed by atoms with Crippen LogP contribution in [0.1, 0.15) is 37.5 Å². The lowest BCUT2D eigenvalue weighted by Gasteiger charge is -2.25. The number of aromatic hydroxyl groups is 1. The minimum absolute atomic E-state index is 0.0460. The fourth-order valence-corrected chi connectivity index (χ4v) is 2.61. The average Bonchev–Trinajstić information content (AvgIpc) is 2.54. The Labute approximate surface area is 132 Å². The minimum Gasteiger partial charge on any atom is -0.508 e. The number of benzene rings is 2. The second kappa shape index (κ2) is 7.97. The van der Waals surface area contributed by atoms with Gasteiger partial charge >= 0.3 is 0 Å². The van der Waals surface area contributed by atoms with E-state index in [1.165, 1.54) is 5.56 Å². The van der Waals surface area contributed by atoms with Crippen LogP contribution in [0.5, 0.6) is 5.75 Å². The molecule has 0 aliphatic heterocycles. The molecule has 3 N–H and O–H groups in total. The molecule has 0 aliphatic carbocycles. The van der Waals surface area contributed by atoms with E-state index in [2.05, 4.69) is 36.5 Å². The van der Waals surface area contributed by atoms with Gasteiger partial charge in [-0.3, -0.25) is 0 Å². The maximum Gasteiger partial charge on any atom is 0.115 e. The van der Waals surface area contributed by atoms with Crippen molar-refractivity contribution >= 4 is 0 Å². The fraction of sp³-hybridized carbons (Fsp3) is 0.368. The Balaban J connectivity index is 1.82. The zero-order valence-electron chi connectivity index (χ0n) is 13.2. The molecular weight excluding hydrogens is 274 g/mol. The number of hydrogen-bond acceptors (Lipinski definition) is 3. The molecule has 0 amide bonds. The monoisotopic (exact) mass is 299 g/mol. The highest BCUT2D eigenvalue weighted by molar-refractivity contribution is 5.27. The van der Waals surface area contributed by atoms with Crippen LogP contribution in [0.25, 0.3) is 0 Å². The summed E-state index contributed by atoms with van der Waals surface area (Å²) in [7, 11) is 0. The van der Waals surface area contributed by atoms with Crippen LogP contribution in [0, 0.1) is 0 Å². The molecule has 3 atom stereocenters. The van der Waals surface area contributed by atoms with Gasteiger partial charge in [0.15, 0.2) is 0 Å². The van der Waals surface area contributed by atoms with E-state index in [1.807, 2.05) is 13.0 Å². The van der Waals surface area contributed by atoms with Crippen molar-refractivity contribution in [2.45, 2.75) is 44.9 Å². The van der Waals surface area contributed by atoms with Crippen molar-refractivity contribution in [2.24, 2.45) is 0 Å². The van der Waals surface area contributed by atoms with E-state index in [1.54, 1.807) is 24.3 Å². The molecule has 3 nitrogen and oxygen atoms in total. The molecule has 118 valence electrons. The third kappa shape index (κ3) is 4.86. The van der Waals surface area contributed by atoms with E-state index in [9.17, 15) is 10.2 Å². The van der Waals surface area contributed by atoms with Crippen molar-refractivity contribution in [3.63, 3.8) is 0 Å². The maximum absolute atomic E-state index is 10.4. The van der Waals surface area contributed by atoms with E-state index in [-0.39, 0.29) is 11.8 Å². The summed E-state index contributed by atoms with van der Waals surface area (Å²) >= 11 is 0. The lowest BCUT2D eigenvalue weighted by atomic mass is 10.0. The Morgan fingerprint density at radius 3 is 2.23 bits per heavy atom. The van der Waals surface area contributed by atoms with Gasteiger partial charge in [-0.05, 0) is 49.9 Å². The Hall–Kier alpha value is -1.84. The Kier molecular flexibility index (Phi) is 5.99. The van der Waals surface area contributed by atoms with Gasteiger partial charge in [0.25, 0.3) is 0 Å². The highest BCUT2D eigenvalue weighted by Crippen LogP contribution is 2.20. The van der Waals surface area contributed by atoms with Crippen molar-refractivity contribution < 1.29 is 10.2 Å². The first kappa shape index (κ1) is 16.5. The van der Waals surface area contributed by atoms with Gasteiger partial charge in [-0.15, -0.1) is 0 Å². The predicted octanol–water partition coefficient (Wildman–Crippen LogP) is 3.43. The maximum atomic E-state index is 10.4. The molecule has 0 spiro atoms. The van der Waals surface area contributed by atoms with Crippen molar-refractivity contribution in [1.82, 2.24) is 5.32 Å². The number of aliphatic hydroxyl groups excluding tert-OH is 1. The molecule has 2 aromatic carbocycles. The molecular formula is C19H25NO2. The highest BCUT2D eigenvalue weighted by atomic mass is 16.3. The third-order valence-corrected chi connectivity index (χ3v) is 3.96. The van der Waals surface area contributed by atoms with E-state index in [0.29, 0.717) is 6.04 Å². The molecule has 0 fully saturated rings. The van der Waals surface area contributed by atoms with Crippen LogP contribution >= 0.6 is 0 Å². The van der Waals surface area contributed by atoms with Crippen LogP contribution in [-0.4, -0.2) is 22.3 Å². The smallest absolute Gasteiger partial charge is 0.115 e. The molecule has 2 rings (SSSR count). The Morgan fingerprint density at radius 1 is 0.955 bits per heavy atom. The summed E-state index contributed by atoms with van der Waals surface area (Å²) < 4.78 is 0. The SMILES string of the molecule is C[C@H](CCc1ccccc1)N[C@H](C)[C@H](O)c1ccc(O)cc1. The summed E-state index contributed by atoms with van der Waals surface area (Å²) in [6.07, 6.45) is 1.47. The molecule has 0 heterocycles. The number of aliphatic hydroxyl groups is 1. The third-order valence-electron chi connectivity index (χ3n) is 3.96. The second-order valence-electron chi connectivity index (χ2n) is 5.92. The fourth-order valence-electron chi connectivity index (χ4n) is 2.61. The molecule has 22 heavy (non-hydrogen) atoms. The summed E-state index contributed by atoms with van der Waals surface area (Å²) in [5.74, 6) is 0.216. The van der Waals surface area contributed by atoms with Crippen LogP contribution in [0.4, 0.5) is 0 Å². The van der Waals surface area contributed by atoms with Gasteiger partial charge in [0.05, 0.1) is 6.10 Å². The highest BCUT2D eigenvalue weighted by Gasteiger charge is 2.18. The Morgan fingerprint density at radius 2 is 1.59 bits per heavy atom. The van der Waals surface area contributed by atoms with Crippen molar-refractivity contribution in [3.8, 4) is 5.75 Å². The van der Waals surface area contributed by atoms with E-state index in [4.69, 9.17) is 0 Å². The largest absolute Gasteiger partial charge is 0.508 e. The first-order valence-electron chi connectivity index (χ1n) is 7.83. The number of rotatable bonds is 7. The molecule has 0 saturated heterocycles.